The van der Waals surface area contributed by atoms with Gasteiger partial charge in [0.1, 0.15) is 48.8 Å². The first kappa shape index (κ1) is 21.4. The summed E-state index contributed by atoms with van der Waals surface area (Å²) in [6, 6.07) is -1.29. The summed E-state index contributed by atoms with van der Waals surface area (Å²) >= 11 is 0. The molecule has 10 atom stereocenters. The summed E-state index contributed by atoms with van der Waals surface area (Å²) in [4.78, 5) is 11.4. The maximum atomic E-state index is 11.4. The zero-order valence-electron chi connectivity index (χ0n) is 14.0. The van der Waals surface area contributed by atoms with E-state index in [1.165, 1.54) is 0 Å². The number of rotatable bonds is 5. The lowest BCUT2D eigenvalue weighted by Gasteiger charge is -2.46. The van der Waals surface area contributed by atoms with Crippen molar-refractivity contribution in [2.75, 3.05) is 13.2 Å². The SMILES string of the molecule is CC(=O)N[C@H]1[C@H](O[C@@H]2[C@@H](O)[C@H](O)O[C@H](CO)[C@H]2O)O[C@H](CO)[C@H](O)[C@@H]1O. The second-order valence-electron chi connectivity index (χ2n) is 6.26. The summed E-state index contributed by atoms with van der Waals surface area (Å²) in [7, 11) is 0. The van der Waals surface area contributed by atoms with E-state index in [1.807, 2.05) is 0 Å². The van der Waals surface area contributed by atoms with E-state index in [-0.39, 0.29) is 0 Å². The molecule has 8 N–H and O–H groups in total. The van der Waals surface area contributed by atoms with Gasteiger partial charge < -0.3 is 55.3 Å². The smallest absolute Gasteiger partial charge is 0.217 e. The van der Waals surface area contributed by atoms with Crippen LogP contribution in [0.25, 0.3) is 0 Å². The number of carbonyl (C=O) groups excluding carboxylic acids is 1. The molecule has 152 valence electrons. The Hall–Kier alpha value is -0.930. The van der Waals surface area contributed by atoms with Crippen molar-refractivity contribution in [3.05, 3.63) is 0 Å². The van der Waals surface area contributed by atoms with E-state index < -0.39 is 80.5 Å². The van der Waals surface area contributed by atoms with Gasteiger partial charge in [-0.3, -0.25) is 4.79 Å². The van der Waals surface area contributed by atoms with Gasteiger partial charge in [0.25, 0.3) is 0 Å². The topological polar surface area (TPSA) is 198 Å². The van der Waals surface area contributed by atoms with Crippen LogP contribution in [0.15, 0.2) is 0 Å². The van der Waals surface area contributed by atoms with Crippen LogP contribution in [0.3, 0.4) is 0 Å². The highest BCUT2D eigenvalue weighted by molar-refractivity contribution is 5.73. The molecule has 0 aromatic rings. The number of hydrogen-bond acceptors (Lipinski definition) is 11. The minimum atomic E-state index is -1.77. The Balaban J connectivity index is 2.22. The van der Waals surface area contributed by atoms with E-state index in [4.69, 9.17) is 14.2 Å². The fourth-order valence-corrected chi connectivity index (χ4v) is 2.97. The van der Waals surface area contributed by atoms with Crippen molar-refractivity contribution in [2.24, 2.45) is 0 Å². The number of aliphatic hydroxyl groups excluding tert-OH is 7. The van der Waals surface area contributed by atoms with Gasteiger partial charge in [-0.2, -0.15) is 0 Å². The maximum absolute atomic E-state index is 11.4. The van der Waals surface area contributed by atoms with Crippen molar-refractivity contribution in [1.29, 1.82) is 0 Å². The summed E-state index contributed by atoms with van der Waals surface area (Å²) in [5.41, 5.74) is 0. The van der Waals surface area contributed by atoms with E-state index in [0.717, 1.165) is 6.92 Å². The van der Waals surface area contributed by atoms with Crippen LogP contribution < -0.4 is 5.32 Å². The van der Waals surface area contributed by atoms with E-state index in [0.29, 0.717) is 0 Å². The van der Waals surface area contributed by atoms with Crippen LogP contribution in [0.2, 0.25) is 0 Å². The Bertz CT molecular complexity index is 480. The standard InChI is InChI=1S/C14H25NO11/c1-4(18)15-7-10(21)8(19)5(2-16)25-14(7)26-12-9(20)6(3-17)24-13(23)11(12)22/h5-14,16-17,19-23H,2-3H2,1H3,(H,15,18)/t5-,6-,7-,8+,9-,10-,11-,12+,13-,14+/m1/s1. The van der Waals surface area contributed by atoms with Gasteiger partial charge in [0.2, 0.25) is 5.91 Å². The Morgan fingerprint density at radius 3 is 2.04 bits per heavy atom. The normalized spacial score (nSPS) is 46.8. The Morgan fingerprint density at radius 2 is 1.50 bits per heavy atom. The van der Waals surface area contributed by atoms with Crippen LogP contribution in [0, 0.1) is 0 Å². The monoisotopic (exact) mass is 383 g/mol. The molecule has 0 saturated carbocycles. The molecule has 0 radical (unpaired) electrons. The third kappa shape index (κ3) is 4.31. The van der Waals surface area contributed by atoms with Gasteiger partial charge in [-0.1, -0.05) is 0 Å². The molecule has 0 aromatic carbocycles. The fraction of sp³-hybridized carbons (Fsp3) is 0.929. The van der Waals surface area contributed by atoms with Crippen molar-refractivity contribution in [3.8, 4) is 0 Å². The van der Waals surface area contributed by atoms with Gasteiger partial charge in [-0.05, 0) is 0 Å². The molecule has 0 aromatic heterocycles. The minimum absolute atomic E-state index is 0.581. The Morgan fingerprint density at radius 1 is 0.923 bits per heavy atom. The highest BCUT2D eigenvalue weighted by Crippen LogP contribution is 2.28. The Labute approximate surface area is 148 Å². The molecule has 0 aliphatic carbocycles. The third-order valence-corrected chi connectivity index (χ3v) is 4.38. The molecule has 0 spiro atoms. The first-order valence-electron chi connectivity index (χ1n) is 8.06. The zero-order chi connectivity index (χ0) is 19.6. The molecule has 2 saturated heterocycles. The zero-order valence-corrected chi connectivity index (χ0v) is 14.0. The van der Waals surface area contributed by atoms with Crippen LogP contribution in [-0.4, -0.2) is 116 Å². The van der Waals surface area contributed by atoms with E-state index in [2.05, 4.69) is 5.32 Å². The van der Waals surface area contributed by atoms with Crippen molar-refractivity contribution < 1.29 is 54.8 Å². The van der Waals surface area contributed by atoms with Gasteiger partial charge >= 0.3 is 0 Å². The van der Waals surface area contributed by atoms with Gasteiger partial charge in [0.05, 0.1) is 13.2 Å². The van der Waals surface area contributed by atoms with Crippen LogP contribution >= 0.6 is 0 Å². The van der Waals surface area contributed by atoms with Crippen molar-refractivity contribution in [2.45, 2.75) is 68.3 Å². The van der Waals surface area contributed by atoms with E-state index in [1.54, 1.807) is 0 Å². The van der Waals surface area contributed by atoms with E-state index >= 15 is 0 Å². The maximum Gasteiger partial charge on any atom is 0.217 e. The van der Waals surface area contributed by atoms with Crippen molar-refractivity contribution in [1.82, 2.24) is 5.32 Å². The van der Waals surface area contributed by atoms with Crippen molar-refractivity contribution in [3.63, 3.8) is 0 Å². The highest BCUT2D eigenvalue weighted by atomic mass is 16.7. The third-order valence-electron chi connectivity index (χ3n) is 4.38. The number of ether oxygens (including phenoxy) is 3. The van der Waals surface area contributed by atoms with Gasteiger partial charge in [-0.25, -0.2) is 0 Å². The second kappa shape index (κ2) is 8.84. The molecule has 0 bridgehead atoms. The van der Waals surface area contributed by atoms with Crippen LogP contribution in [0.5, 0.6) is 0 Å². The van der Waals surface area contributed by atoms with Crippen LogP contribution in [0.4, 0.5) is 0 Å². The van der Waals surface area contributed by atoms with Gasteiger partial charge in [0, 0.05) is 6.92 Å². The summed E-state index contributed by atoms with van der Waals surface area (Å²) < 4.78 is 15.6. The number of amides is 1. The molecule has 2 fully saturated rings. The molecule has 26 heavy (non-hydrogen) atoms. The summed E-state index contributed by atoms with van der Waals surface area (Å²) in [5.74, 6) is -0.581. The summed E-state index contributed by atoms with van der Waals surface area (Å²) in [6.07, 6.45) is -13.7. The number of carbonyl (C=O) groups is 1. The highest BCUT2D eigenvalue weighted by Gasteiger charge is 2.50. The molecule has 12 nitrogen and oxygen atoms in total. The molecular weight excluding hydrogens is 358 g/mol. The second-order valence-corrected chi connectivity index (χ2v) is 6.26. The average Bonchev–Trinajstić information content (AvgIpc) is 2.60. The minimum Gasteiger partial charge on any atom is -0.394 e. The molecule has 2 aliphatic heterocycles. The lowest BCUT2D eigenvalue weighted by Crippen LogP contribution is -2.67. The average molecular weight is 383 g/mol. The molecule has 1 amide bonds. The number of hydrogen-bond donors (Lipinski definition) is 8. The number of aliphatic hydroxyl groups is 7. The molecule has 2 heterocycles. The Kier molecular flexibility index (Phi) is 7.27. The molecule has 0 unspecified atom stereocenters. The summed E-state index contributed by atoms with van der Waals surface area (Å²) in [6.45, 7) is -0.199. The van der Waals surface area contributed by atoms with Gasteiger partial charge in [0.15, 0.2) is 12.6 Å². The molecule has 2 aliphatic rings. The molecular formula is C14H25NO11. The van der Waals surface area contributed by atoms with Gasteiger partial charge in [-0.15, -0.1) is 0 Å². The van der Waals surface area contributed by atoms with E-state index in [9.17, 15) is 40.5 Å². The van der Waals surface area contributed by atoms with Crippen LogP contribution in [0.1, 0.15) is 6.92 Å². The largest absolute Gasteiger partial charge is 0.394 e. The number of nitrogens with one attached hydrogen (secondary N) is 1. The molecule has 2 rings (SSSR count). The summed E-state index contributed by atoms with van der Waals surface area (Å²) in [5, 5.41) is 70.8. The van der Waals surface area contributed by atoms with Crippen LogP contribution in [-0.2, 0) is 19.0 Å². The van der Waals surface area contributed by atoms with Crippen molar-refractivity contribution >= 4 is 5.91 Å². The predicted molar refractivity (Wildman–Crippen MR) is 80.2 cm³/mol. The first-order chi connectivity index (χ1) is 12.2. The fourth-order valence-electron chi connectivity index (χ4n) is 2.97. The molecule has 12 heteroatoms. The quantitative estimate of drug-likeness (QED) is 0.226. The first-order valence-corrected chi connectivity index (χ1v) is 8.06. The predicted octanol–water partition coefficient (Wildman–Crippen LogP) is -5.25. The lowest BCUT2D eigenvalue weighted by atomic mass is 9.95. The lowest BCUT2D eigenvalue weighted by molar-refractivity contribution is -0.341.